The highest BCUT2D eigenvalue weighted by Gasteiger charge is 2.19. The summed E-state index contributed by atoms with van der Waals surface area (Å²) < 4.78 is 16.8. The molecule has 6 nitrogen and oxygen atoms in total. The number of rotatable bonds is 50. The highest BCUT2D eigenvalue weighted by molar-refractivity contribution is 5.71. The minimum Gasteiger partial charge on any atom is -0.462 e. The molecule has 0 aromatic carbocycles. The Hall–Kier alpha value is -3.93. The van der Waals surface area contributed by atoms with Crippen LogP contribution in [0.3, 0.4) is 0 Å². The third-order valence-corrected chi connectivity index (χ3v) is 11.7. The summed E-state index contributed by atoms with van der Waals surface area (Å²) in [6.07, 6.45) is 76.5. The Balaban J connectivity index is 4.54. The first-order valence-electron chi connectivity index (χ1n) is 28.4. The van der Waals surface area contributed by atoms with Crippen LogP contribution in [0.2, 0.25) is 0 Å². The summed E-state index contributed by atoms with van der Waals surface area (Å²) >= 11 is 0. The maximum atomic E-state index is 12.8. The van der Waals surface area contributed by atoms with Gasteiger partial charge in [-0.3, -0.25) is 14.4 Å². The summed E-state index contributed by atoms with van der Waals surface area (Å²) in [6.45, 7) is 6.42. The number of hydrogen-bond donors (Lipinski definition) is 0. The molecule has 0 aromatic rings. The number of hydrogen-bond acceptors (Lipinski definition) is 6. The Labute approximate surface area is 425 Å². The van der Waals surface area contributed by atoms with Crippen LogP contribution in [0.25, 0.3) is 0 Å². The molecule has 0 fully saturated rings. The van der Waals surface area contributed by atoms with Crippen molar-refractivity contribution >= 4 is 17.9 Å². The van der Waals surface area contributed by atoms with E-state index in [2.05, 4.69) is 130 Å². The van der Waals surface area contributed by atoms with E-state index in [1.807, 2.05) is 0 Å². The first-order chi connectivity index (χ1) is 34.0. The predicted octanol–water partition coefficient (Wildman–Crippen LogP) is 19.1. The fourth-order valence-corrected chi connectivity index (χ4v) is 7.48. The van der Waals surface area contributed by atoms with Crippen LogP contribution < -0.4 is 0 Å². The molecule has 0 rings (SSSR count). The van der Waals surface area contributed by atoms with Crippen molar-refractivity contribution in [2.24, 2.45) is 0 Å². The Kier molecular flexibility index (Phi) is 53.4. The van der Waals surface area contributed by atoms with E-state index in [0.29, 0.717) is 19.3 Å². The van der Waals surface area contributed by atoms with E-state index in [0.717, 1.165) is 109 Å². The van der Waals surface area contributed by atoms with Gasteiger partial charge in [-0.05, 0) is 122 Å². The van der Waals surface area contributed by atoms with Crippen LogP contribution in [-0.4, -0.2) is 37.2 Å². The molecule has 0 aliphatic rings. The average molecular weight is 958 g/mol. The van der Waals surface area contributed by atoms with E-state index in [1.54, 1.807) is 0 Å². The Morgan fingerprint density at radius 3 is 0.986 bits per heavy atom. The number of allylic oxidation sites excluding steroid dienone is 18. The van der Waals surface area contributed by atoms with E-state index >= 15 is 0 Å². The molecule has 0 saturated carbocycles. The van der Waals surface area contributed by atoms with Gasteiger partial charge in [0.2, 0.25) is 0 Å². The second-order valence-electron chi connectivity index (χ2n) is 18.5. The maximum absolute atomic E-state index is 12.8. The van der Waals surface area contributed by atoms with Gasteiger partial charge in [-0.15, -0.1) is 0 Å². The van der Waals surface area contributed by atoms with E-state index in [4.69, 9.17) is 14.2 Å². The van der Waals surface area contributed by atoms with Crippen LogP contribution >= 0.6 is 0 Å². The Morgan fingerprint density at radius 2 is 0.580 bits per heavy atom. The van der Waals surface area contributed by atoms with Gasteiger partial charge in [-0.25, -0.2) is 0 Å². The van der Waals surface area contributed by atoms with Crippen molar-refractivity contribution < 1.29 is 28.6 Å². The SMILES string of the molecule is CC/C=C\C/C=C\C/C=C\C/C=C\CCCCCC(=O)OCC(COC(=O)CCCCCCC/C=C\CCCCCCCCCCC)OC(=O)CCC/C=C\C/C=C\C/C=C\C/C=C\CCCCC. The molecule has 392 valence electrons. The standard InChI is InChI=1S/C63H104O6/c1-4-7-10-13-16-19-22-25-28-31-33-35-38-41-44-47-50-53-56-62(65)68-59-60(58-67-61(64)55-52-49-46-43-40-37-34-30-27-24-21-18-15-12-9-6-3)69-63(66)57-54-51-48-45-42-39-36-32-29-26-23-20-17-14-11-8-5-2/h9,12,17-18,20-21,26-27,29-30,33,35-37,39-40,45,48,60H,4-8,10-11,13-16,19,22-25,28,31-32,34,38,41-44,46-47,49-59H2,1-3H3/b12-9-,20-17-,21-18-,29-26-,30-27-,35-33-,39-36-,40-37-,48-45-. The van der Waals surface area contributed by atoms with Crippen molar-refractivity contribution in [1.82, 2.24) is 0 Å². The fraction of sp³-hybridized carbons (Fsp3) is 0.667. The maximum Gasteiger partial charge on any atom is 0.306 e. The Morgan fingerprint density at radius 1 is 0.304 bits per heavy atom. The molecule has 0 aromatic heterocycles. The number of carbonyl (C=O) groups excluding carboxylic acids is 3. The van der Waals surface area contributed by atoms with Crippen LogP contribution in [-0.2, 0) is 28.6 Å². The highest BCUT2D eigenvalue weighted by Crippen LogP contribution is 2.13. The van der Waals surface area contributed by atoms with Gasteiger partial charge in [0.15, 0.2) is 6.10 Å². The van der Waals surface area contributed by atoms with E-state index < -0.39 is 6.10 Å². The van der Waals surface area contributed by atoms with Crippen LogP contribution in [0.15, 0.2) is 109 Å². The summed E-state index contributed by atoms with van der Waals surface area (Å²) in [5, 5.41) is 0. The van der Waals surface area contributed by atoms with Gasteiger partial charge in [-0.1, -0.05) is 220 Å². The molecule has 6 heteroatoms. The quantitative estimate of drug-likeness (QED) is 0.0262. The third kappa shape index (κ3) is 54.9. The van der Waals surface area contributed by atoms with Crippen LogP contribution in [0.1, 0.15) is 252 Å². The summed E-state index contributed by atoms with van der Waals surface area (Å²) in [4.78, 5) is 38.1. The molecule has 0 aliphatic carbocycles. The molecule has 0 heterocycles. The van der Waals surface area contributed by atoms with Gasteiger partial charge in [0.1, 0.15) is 13.2 Å². The zero-order valence-corrected chi connectivity index (χ0v) is 44.8. The zero-order valence-electron chi connectivity index (χ0n) is 44.8. The number of ether oxygens (including phenoxy) is 3. The fourth-order valence-electron chi connectivity index (χ4n) is 7.48. The van der Waals surface area contributed by atoms with Crippen molar-refractivity contribution in [3.05, 3.63) is 109 Å². The van der Waals surface area contributed by atoms with Gasteiger partial charge in [0.25, 0.3) is 0 Å². The van der Waals surface area contributed by atoms with Gasteiger partial charge in [0.05, 0.1) is 0 Å². The van der Waals surface area contributed by atoms with Gasteiger partial charge >= 0.3 is 17.9 Å². The molecule has 0 N–H and O–H groups in total. The lowest BCUT2D eigenvalue weighted by Crippen LogP contribution is -2.30. The molecule has 0 spiro atoms. The second kappa shape index (κ2) is 56.7. The van der Waals surface area contributed by atoms with Gasteiger partial charge < -0.3 is 14.2 Å². The third-order valence-electron chi connectivity index (χ3n) is 11.7. The minimum atomic E-state index is -0.825. The van der Waals surface area contributed by atoms with E-state index in [-0.39, 0.29) is 37.5 Å². The topological polar surface area (TPSA) is 78.9 Å². The molecular formula is C63H104O6. The minimum absolute atomic E-state index is 0.116. The van der Waals surface area contributed by atoms with Crippen LogP contribution in [0.5, 0.6) is 0 Å². The highest BCUT2D eigenvalue weighted by atomic mass is 16.6. The van der Waals surface area contributed by atoms with Crippen LogP contribution in [0, 0.1) is 0 Å². The molecule has 0 bridgehead atoms. The second-order valence-corrected chi connectivity index (χ2v) is 18.5. The van der Waals surface area contributed by atoms with Crippen molar-refractivity contribution in [3.63, 3.8) is 0 Å². The van der Waals surface area contributed by atoms with Crippen molar-refractivity contribution in [3.8, 4) is 0 Å². The predicted molar refractivity (Wildman–Crippen MR) is 297 cm³/mol. The van der Waals surface area contributed by atoms with E-state index in [1.165, 1.54) is 96.3 Å². The van der Waals surface area contributed by atoms with Gasteiger partial charge in [-0.2, -0.15) is 0 Å². The van der Waals surface area contributed by atoms with Crippen LogP contribution in [0.4, 0.5) is 0 Å². The summed E-state index contributed by atoms with van der Waals surface area (Å²) in [6, 6.07) is 0. The van der Waals surface area contributed by atoms with E-state index in [9.17, 15) is 14.4 Å². The monoisotopic (exact) mass is 957 g/mol. The van der Waals surface area contributed by atoms with Crippen molar-refractivity contribution in [2.75, 3.05) is 13.2 Å². The first-order valence-corrected chi connectivity index (χ1v) is 28.4. The molecule has 0 radical (unpaired) electrons. The lowest BCUT2D eigenvalue weighted by Gasteiger charge is -2.18. The lowest BCUT2D eigenvalue weighted by atomic mass is 10.1. The summed E-state index contributed by atoms with van der Waals surface area (Å²) in [7, 11) is 0. The van der Waals surface area contributed by atoms with Gasteiger partial charge in [0, 0.05) is 19.3 Å². The average Bonchev–Trinajstić information content (AvgIpc) is 3.35. The molecule has 1 unspecified atom stereocenters. The molecule has 1 atom stereocenters. The normalized spacial score (nSPS) is 12.9. The molecular weight excluding hydrogens is 853 g/mol. The smallest absolute Gasteiger partial charge is 0.306 e. The molecule has 0 saturated heterocycles. The van der Waals surface area contributed by atoms with Crippen molar-refractivity contribution in [1.29, 1.82) is 0 Å². The number of carbonyl (C=O) groups is 3. The van der Waals surface area contributed by atoms with Crippen molar-refractivity contribution in [2.45, 2.75) is 258 Å². The first kappa shape index (κ1) is 65.1. The summed E-state index contributed by atoms with van der Waals surface area (Å²) in [5.74, 6) is -1.01. The largest absolute Gasteiger partial charge is 0.462 e. The molecule has 0 amide bonds. The number of unbranched alkanes of at least 4 members (excludes halogenated alkanes) is 21. The lowest BCUT2D eigenvalue weighted by molar-refractivity contribution is -0.167. The molecule has 69 heavy (non-hydrogen) atoms. The zero-order chi connectivity index (χ0) is 50.0. The Bertz CT molecular complexity index is 1420. The summed E-state index contributed by atoms with van der Waals surface area (Å²) in [5.41, 5.74) is 0. The number of esters is 3. The molecule has 0 aliphatic heterocycles.